The van der Waals surface area contributed by atoms with Crippen LogP contribution in [0.4, 0.5) is 0 Å². The molecule has 0 aliphatic heterocycles. The monoisotopic (exact) mass is 122 g/mol. The summed E-state index contributed by atoms with van der Waals surface area (Å²) in [7, 11) is 0. The smallest absolute Gasteiger partial charge is 0.0141 e. The van der Waals surface area contributed by atoms with Gasteiger partial charge < -0.3 is 0 Å². The van der Waals surface area contributed by atoms with Crippen LogP contribution in [0.1, 0.15) is 20.3 Å². The van der Waals surface area contributed by atoms with Crippen molar-refractivity contribution in [3.05, 3.63) is 36.5 Å². The number of hydrogen-bond acceptors (Lipinski definition) is 0. The largest absolute Gasteiger partial charge is 0.103 e. The van der Waals surface area contributed by atoms with E-state index in [1.807, 2.05) is 25.2 Å². The van der Waals surface area contributed by atoms with Gasteiger partial charge in [-0.25, -0.2) is 0 Å². The fraction of sp³-hybridized carbons (Fsp3) is 0.333. The zero-order chi connectivity index (χ0) is 7.11. The molecule has 0 heterocycles. The normalized spacial score (nSPS) is 12.4. The number of allylic oxidation sites excluding steroid dienone is 5. The first kappa shape index (κ1) is 8.22. The molecule has 50 valence electrons. The lowest BCUT2D eigenvalue weighted by Crippen LogP contribution is -1.68. The van der Waals surface area contributed by atoms with Crippen molar-refractivity contribution in [1.82, 2.24) is 0 Å². The van der Waals surface area contributed by atoms with Gasteiger partial charge in [0.1, 0.15) is 0 Å². The van der Waals surface area contributed by atoms with E-state index in [1.165, 1.54) is 5.57 Å². The molecule has 0 aromatic heterocycles. The molecule has 0 aromatic carbocycles. The molecule has 0 saturated carbocycles. The minimum Gasteiger partial charge on any atom is -0.103 e. The first-order valence-corrected chi connectivity index (χ1v) is 3.20. The molecule has 9 heavy (non-hydrogen) atoms. The summed E-state index contributed by atoms with van der Waals surface area (Å²) in [6.45, 7) is 7.75. The van der Waals surface area contributed by atoms with E-state index in [2.05, 4.69) is 19.6 Å². The van der Waals surface area contributed by atoms with E-state index in [-0.39, 0.29) is 0 Å². The van der Waals surface area contributed by atoms with Gasteiger partial charge in [-0.2, -0.15) is 0 Å². The highest BCUT2D eigenvalue weighted by Gasteiger charge is 1.78. The molecule has 0 aliphatic carbocycles. The third kappa shape index (κ3) is 5.09. The Morgan fingerprint density at radius 2 is 2.22 bits per heavy atom. The molecule has 0 amide bonds. The van der Waals surface area contributed by atoms with E-state index in [4.69, 9.17) is 0 Å². The quantitative estimate of drug-likeness (QED) is 0.398. The Morgan fingerprint density at radius 1 is 1.56 bits per heavy atom. The zero-order valence-corrected chi connectivity index (χ0v) is 6.22. The maximum Gasteiger partial charge on any atom is -0.0141 e. The molecular formula is C9H14. The molecule has 0 bridgehead atoms. The van der Waals surface area contributed by atoms with Gasteiger partial charge in [0, 0.05) is 0 Å². The van der Waals surface area contributed by atoms with Crippen molar-refractivity contribution in [2.45, 2.75) is 20.3 Å². The first-order chi connectivity index (χ1) is 4.31. The minimum atomic E-state index is 0.990. The summed E-state index contributed by atoms with van der Waals surface area (Å²) in [6, 6.07) is 0. The summed E-state index contributed by atoms with van der Waals surface area (Å²) >= 11 is 0. The fourth-order valence-corrected chi connectivity index (χ4v) is 0.556. The second-order valence-electron chi connectivity index (χ2n) is 2.03. The minimum absolute atomic E-state index is 0.990. The topological polar surface area (TPSA) is 0 Å². The van der Waals surface area contributed by atoms with Gasteiger partial charge in [0.05, 0.1) is 0 Å². The molecule has 0 spiro atoms. The van der Waals surface area contributed by atoms with Gasteiger partial charge in [0.2, 0.25) is 0 Å². The molecule has 0 fully saturated rings. The van der Waals surface area contributed by atoms with Gasteiger partial charge in [-0.1, -0.05) is 29.9 Å². The van der Waals surface area contributed by atoms with Crippen LogP contribution in [0.25, 0.3) is 0 Å². The molecule has 0 heteroatoms. The third-order valence-corrected chi connectivity index (χ3v) is 1.04. The fourth-order valence-electron chi connectivity index (χ4n) is 0.556. The molecule has 0 N–H and O–H groups in total. The van der Waals surface area contributed by atoms with Crippen LogP contribution in [-0.4, -0.2) is 0 Å². The van der Waals surface area contributed by atoms with Crippen molar-refractivity contribution in [2.24, 2.45) is 0 Å². The van der Waals surface area contributed by atoms with Gasteiger partial charge in [-0.15, -0.1) is 6.58 Å². The average molecular weight is 122 g/mol. The van der Waals surface area contributed by atoms with Crippen molar-refractivity contribution in [3.63, 3.8) is 0 Å². The predicted molar refractivity (Wildman–Crippen MR) is 43.4 cm³/mol. The van der Waals surface area contributed by atoms with Gasteiger partial charge in [-0.3, -0.25) is 0 Å². The molecule has 0 aromatic rings. The molecule has 0 rings (SSSR count). The molecule has 0 saturated heterocycles. The maximum atomic E-state index is 3.64. The Bertz CT molecular complexity index is 127. The van der Waals surface area contributed by atoms with Gasteiger partial charge in [-0.05, 0) is 20.3 Å². The van der Waals surface area contributed by atoms with E-state index in [0.29, 0.717) is 0 Å². The van der Waals surface area contributed by atoms with Crippen LogP contribution in [0, 0.1) is 0 Å². The van der Waals surface area contributed by atoms with Crippen LogP contribution in [-0.2, 0) is 0 Å². The summed E-state index contributed by atoms with van der Waals surface area (Å²) in [5.41, 5.74) is 1.35. The summed E-state index contributed by atoms with van der Waals surface area (Å²) in [4.78, 5) is 0. The van der Waals surface area contributed by atoms with Crippen molar-refractivity contribution < 1.29 is 0 Å². The molecular weight excluding hydrogens is 108 g/mol. The second kappa shape index (κ2) is 5.36. The highest BCUT2D eigenvalue weighted by Crippen LogP contribution is 1.98. The predicted octanol–water partition coefficient (Wildman–Crippen LogP) is 3.08. The zero-order valence-electron chi connectivity index (χ0n) is 6.22. The van der Waals surface area contributed by atoms with Crippen LogP contribution in [0.15, 0.2) is 36.5 Å². The number of rotatable bonds is 3. The Labute approximate surface area is 57.6 Å². The van der Waals surface area contributed by atoms with E-state index in [1.54, 1.807) is 0 Å². The van der Waals surface area contributed by atoms with E-state index < -0.39 is 0 Å². The lowest BCUT2D eigenvalue weighted by molar-refractivity contribution is 1.22. The molecule has 0 atom stereocenters. The highest BCUT2D eigenvalue weighted by molar-refractivity contribution is 5.11. The van der Waals surface area contributed by atoms with Crippen LogP contribution in [0.5, 0.6) is 0 Å². The summed E-state index contributed by atoms with van der Waals surface area (Å²) < 4.78 is 0. The van der Waals surface area contributed by atoms with Crippen LogP contribution in [0.2, 0.25) is 0 Å². The second-order valence-corrected chi connectivity index (χ2v) is 2.03. The lowest BCUT2D eigenvalue weighted by Gasteiger charge is -1.88. The maximum absolute atomic E-state index is 3.64. The lowest BCUT2D eigenvalue weighted by atomic mass is 10.2. The molecule has 0 radical (unpaired) electrons. The Balaban J connectivity index is 3.68. The van der Waals surface area contributed by atoms with Crippen molar-refractivity contribution in [2.75, 3.05) is 0 Å². The summed E-state index contributed by atoms with van der Waals surface area (Å²) in [6.07, 6.45) is 9.06. The average Bonchev–Trinajstić information content (AvgIpc) is 1.85. The summed E-state index contributed by atoms with van der Waals surface area (Å²) in [5.74, 6) is 0. The first-order valence-electron chi connectivity index (χ1n) is 3.20. The van der Waals surface area contributed by atoms with E-state index in [9.17, 15) is 0 Å². The Morgan fingerprint density at radius 3 is 2.67 bits per heavy atom. The standard InChI is InChI=1S/C9H14/c1-4-6-8-9(3)7-5-2/h4-6,8H,2,7H2,1,3H3/b6-4-,9-8+. The Hall–Kier alpha value is -0.780. The SMILES string of the molecule is C=CC/C(C)=C/C=C\C. The van der Waals surface area contributed by atoms with E-state index in [0.717, 1.165) is 6.42 Å². The van der Waals surface area contributed by atoms with Crippen molar-refractivity contribution in [1.29, 1.82) is 0 Å². The van der Waals surface area contributed by atoms with Crippen LogP contribution >= 0.6 is 0 Å². The van der Waals surface area contributed by atoms with Crippen molar-refractivity contribution in [3.8, 4) is 0 Å². The molecule has 0 unspecified atom stereocenters. The Kier molecular flexibility index (Phi) is 4.89. The van der Waals surface area contributed by atoms with Crippen LogP contribution in [0.3, 0.4) is 0 Å². The highest BCUT2D eigenvalue weighted by atomic mass is 13.8. The third-order valence-electron chi connectivity index (χ3n) is 1.04. The molecule has 0 aliphatic rings. The van der Waals surface area contributed by atoms with Crippen molar-refractivity contribution >= 4 is 0 Å². The van der Waals surface area contributed by atoms with Gasteiger partial charge >= 0.3 is 0 Å². The number of hydrogen-bond donors (Lipinski definition) is 0. The van der Waals surface area contributed by atoms with E-state index >= 15 is 0 Å². The summed E-state index contributed by atoms with van der Waals surface area (Å²) in [5, 5.41) is 0. The van der Waals surface area contributed by atoms with Gasteiger partial charge in [0.15, 0.2) is 0 Å². The molecule has 0 nitrogen and oxygen atoms in total. The van der Waals surface area contributed by atoms with Gasteiger partial charge in [0.25, 0.3) is 0 Å². The van der Waals surface area contributed by atoms with Crippen LogP contribution < -0.4 is 0 Å².